The molecular formula is C12H20O2. The third-order valence-electron chi connectivity index (χ3n) is 3.64. The minimum absolute atomic E-state index is 0.0462. The van der Waals surface area contributed by atoms with Gasteiger partial charge in [0.15, 0.2) is 0 Å². The second-order valence-electron chi connectivity index (χ2n) is 4.81. The highest BCUT2D eigenvalue weighted by molar-refractivity contribution is 5.90. The molecular weight excluding hydrogens is 176 g/mol. The van der Waals surface area contributed by atoms with Crippen molar-refractivity contribution in [2.24, 2.45) is 11.3 Å². The van der Waals surface area contributed by atoms with Crippen LogP contribution in [0.1, 0.15) is 40.5 Å². The van der Waals surface area contributed by atoms with Crippen LogP contribution in [0.25, 0.3) is 0 Å². The van der Waals surface area contributed by atoms with E-state index in [4.69, 9.17) is 4.74 Å². The van der Waals surface area contributed by atoms with Crippen molar-refractivity contribution < 1.29 is 9.53 Å². The zero-order chi connectivity index (χ0) is 10.9. The van der Waals surface area contributed by atoms with Crippen molar-refractivity contribution in [1.82, 2.24) is 0 Å². The van der Waals surface area contributed by atoms with Crippen molar-refractivity contribution >= 4 is 5.97 Å². The number of esters is 1. The van der Waals surface area contributed by atoms with Crippen LogP contribution in [0.2, 0.25) is 0 Å². The summed E-state index contributed by atoms with van der Waals surface area (Å²) in [6, 6.07) is 0. The van der Waals surface area contributed by atoms with Gasteiger partial charge in [0.05, 0.1) is 7.11 Å². The Labute approximate surface area is 86.3 Å². The van der Waals surface area contributed by atoms with Gasteiger partial charge < -0.3 is 4.74 Å². The summed E-state index contributed by atoms with van der Waals surface area (Å²) >= 11 is 0. The maximum Gasteiger partial charge on any atom is 0.334 e. The molecule has 1 aliphatic rings. The standard InChI is InChI=1S/C12H20O2/c1-8-6-7-9(2)12(3,4)10(8)11(13)14-5/h9H,6-7H2,1-5H3/t9-/m0/s1. The van der Waals surface area contributed by atoms with Crippen LogP contribution in [0.3, 0.4) is 0 Å². The average Bonchev–Trinajstić information content (AvgIpc) is 2.11. The molecule has 0 fully saturated rings. The lowest BCUT2D eigenvalue weighted by Crippen LogP contribution is -2.33. The molecule has 0 aliphatic heterocycles. The van der Waals surface area contributed by atoms with Gasteiger partial charge in [-0.1, -0.05) is 26.3 Å². The fraction of sp³-hybridized carbons (Fsp3) is 0.750. The highest BCUT2D eigenvalue weighted by atomic mass is 16.5. The number of allylic oxidation sites excluding steroid dienone is 1. The van der Waals surface area contributed by atoms with Gasteiger partial charge in [0.2, 0.25) is 0 Å². The number of methoxy groups -OCH3 is 1. The summed E-state index contributed by atoms with van der Waals surface area (Å²) in [6.07, 6.45) is 2.19. The van der Waals surface area contributed by atoms with Crippen molar-refractivity contribution in [1.29, 1.82) is 0 Å². The van der Waals surface area contributed by atoms with E-state index in [2.05, 4.69) is 20.8 Å². The quantitative estimate of drug-likeness (QED) is 0.603. The van der Waals surface area contributed by atoms with Crippen molar-refractivity contribution in [2.45, 2.75) is 40.5 Å². The maximum atomic E-state index is 11.7. The van der Waals surface area contributed by atoms with Gasteiger partial charge in [-0.25, -0.2) is 4.79 Å². The Morgan fingerprint density at radius 1 is 1.50 bits per heavy atom. The Morgan fingerprint density at radius 3 is 2.57 bits per heavy atom. The van der Waals surface area contributed by atoms with E-state index in [0.29, 0.717) is 5.92 Å². The van der Waals surface area contributed by atoms with Crippen LogP contribution < -0.4 is 0 Å². The zero-order valence-electron chi connectivity index (χ0n) is 9.81. The minimum Gasteiger partial charge on any atom is -0.466 e. The molecule has 0 bridgehead atoms. The molecule has 0 saturated carbocycles. The van der Waals surface area contributed by atoms with Gasteiger partial charge in [-0.05, 0) is 31.1 Å². The number of hydrogen-bond donors (Lipinski definition) is 0. The second-order valence-corrected chi connectivity index (χ2v) is 4.81. The summed E-state index contributed by atoms with van der Waals surface area (Å²) < 4.78 is 4.85. The molecule has 0 heterocycles. The van der Waals surface area contributed by atoms with E-state index in [0.717, 1.165) is 12.0 Å². The van der Waals surface area contributed by atoms with Crippen LogP contribution >= 0.6 is 0 Å². The Balaban J connectivity index is 3.13. The molecule has 2 heteroatoms. The van der Waals surface area contributed by atoms with Crippen molar-refractivity contribution in [3.63, 3.8) is 0 Å². The van der Waals surface area contributed by atoms with Crippen LogP contribution in [0, 0.1) is 11.3 Å². The summed E-state index contributed by atoms with van der Waals surface area (Å²) in [5.74, 6) is 0.388. The summed E-state index contributed by atoms with van der Waals surface area (Å²) in [7, 11) is 1.46. The van der Waals surface area contributed by atoms with Gasteiger partial charge in [0.25, 0.3) is 0 Å². The van der Waals surface area contributed by atoms with Crippen molar-refractivity contribution in [3.05, 3.63) is 11.1 Å². The first-order valence-corrected chi connectivity index (χ1v) is 5.19. The van der Waals surface area contributed by atoms with Crippen LogP contribution in [0.4, 0.5) is 0 Å². The molecule has 1 aliphatic carbocycles. The summed E-state index contributed by atoms with van der Waals surface area (Å²) in [5, 5.41) is 0. The molecule has 0 radical (unpaired) electrons. The van der Waals surface area contributed by atoms with E-state index in [1.165, 1.54) is 19.1 Å². The fourth-order valence-corrected chi connectivity index (χ4v) is 2.25. The molecule has 0 unspecified atom stereocenters. The molecule has 14 heavy (non-hydrogen) atoms. The lowest BCUT2D eigenvalue weighted by Gasteiger charge is -2.38. The lowest BCUT2D eigenvalue weighted by molar-refractivity contribution is -0.138. The van der Waals surface area contributed by atoms with Gasteiger partial charge in [-0.3, -0.25) is 0 Å². The van der Waals surface area contributed by atoms with Crippen LogP contribution in [0.5, 0.6) is 0 Å². The zero-order valence-corrected chi connectivity index (χ0v) is 9.81. The molecule has 2 nitrogen and oxygen atoms in total. The average molecular weight is 196 g/mol. The monoisotopic (exact) mass is 196 g/mol. The number of rotatable bonds is 1. The molecule has 1 atom stereocenters. The largest absolute Gasteiger partial charge is 0.466 e. The normalized spacial score (nSPS) is 26.2. The molecule has 1 rings (SSSR count). The first kappa shape index (κ1) is 11.3. The topological polar surface area (TPSA) is 26.3 Å². The number of ether oxygens (including phenoxy) is 1. The first-order valence-electron chi connectivity index (χ1n) is 5.19. The molecule has 0 amide bonds. The van der Waals surface area contributed by atoms with E-state index in [-0.39, 0.29) is 11.4 Å². The molecule has 0 aromatic carbocycles. The SMILES string of the molecule is COC(=O)C1=C(C)CC[C@H](C)C1(C)C. The molecule has 0 saturated heterocycles. The fourth-order valence-electron chi connectivity index (χ4n) is 2.25. The highest BCUT2D eigenvalue weighted by Gasteiger charge is 2.38. The van der Waals surface area contributed by atoms with E-state index >= 15 is 0 Å². The number of carbonyl (C=O) groups excluding carboxylic acids is 1. The van der Waals surface area contributed by atoms with Gasteiger partial charge in [0, 0.05) is 5.57 Å². The predicted molar refractivity (Wildman–Crippen MR) is 56.9 cm³/mol. The van der Waals surface area contributed by atoms with Gasteiger partial charge in [-0.15, -0.1) is 0 Å². The summed E-state index contributed by atoms with van der Waals surface area (Å²) in [4.78, 5) is 11.7. The van der Waals surface area contributed by atoms with E-state index in [1.54, 1.807) is 0 Å². The maximum absolute atomic E-state index is 11.7. The first-order chi connectivity index (χ1) is 6.41. The molecule has 0 aromatic heterocycles. The third kappa shape index (κ3) is 1.70. The lowest BCUT2D eigenvalue weighted by atomic mass is 9.66. The number of hydrogen-bond acceptors (Lipinski definition) is 2. The minimum atomic E-state index is -0.154. The Bertz CT molecular complexity index is 274. The van der Waals surface area contributed by atoms with Gasteiger partial charge >= 0.3 is 5.97 Å². The molecule has 0 spiro atoms. The smallest absolute Gasteiger partial charge is 0.334 e. The molecule has 0 aromatic rings. The Hall–Kier alpha value is -0.790. The second kappa shape index (κ2) is 3.76. The van der Waals surface area contributed by atoms with E-state index < -0.39 is 0 Å². The van der Waals surface area contributed by atoms with Gasteiger partial charge in [0.1, 0.15) is 0 Å². The van der Waals surface area contributed by atoms with E-state index in [1.807, 2.05) is 6.92 Å². The Morgan fingerprint density at radius 2 is 2.07 bits per heavy atom. The van der Waals surface area contributed by atoms with Crippen LogP contribution in [0.15, 0.2) is 11.1 Å². The summed E-state index contributed by atoms with van der Waals surface area (Å²) in [5.41, 5.74) is 2.04. The number of carbonyl (C=O) groups is 1. The van der Waals surface area contributed by atoms with Crippen LogP contribution in [-0.4, -0.2) is 13.1 Å². The van der Waals surface area contributed by atoms with Crippen LogP contribution in [-0.2, 0) is 9.53 Å². The predicted octanol–water partition coefficient (Wildman–Crippen LogP) is 2.93. The van der Waals surface area contributed by atoms with Crippen molar-refractivity contribution in [2.75, 3.05) is 7.11 Å². The molecule has 80 valence electrons. The third-order valence-corrected chi connectivity index (χ3v) is 3.64. The van der Waals surface area contributed by atoms with Crippen molar-refractivity contribution in [3.8, 4) is 0 Å². The van der Waals surface area contributed by atoms with Gasteiger partial charge in [-0.2, -0.15) is 0 Å². The Kier molecular flexibility index (Phi) is 3.03. The summed E-state index contributed by atoms with van der Waals surface area (Å²) in [6.45, 7) is 8.51. The molecule has 0 N–H and O–H groups in total. The van der Waals surface area contributed by atoms with E-state index in [9.17, 15) is 4.79 Å². The highest BCUT2D eigenvalue weighted by Crippen LogP contribution is 2.44.